The Hall–Kier alpha value is -0.220. The standard InChI is InChI=1S/C11H24N2OS/c1-11(2,3)7-9(8-12)10(14)13-5-6-15-4/h9H,5-8,12H2,1-4H3,(H,13,14). The van der Waals surface area contributed by atoms with Gasteiger partial charge < -0.3 is 11.1 Å². The van der Waals surface area contributed by atoms with Crippen LogP contribution in [0.5, 0.6) is 0 Å². The molecule has 0 radical (unpaired) electrons. The Kier molecular flexibility index (Phi) is 7.02. The summed E-state index contributed by atoms with van der Waals surface area (Å²) >= 11 is 1.73. The summed E-state index contributed by atoms with van der Waals surface area (Å²) in [6.45, 7) is 7.56. The summed E-state index contributed by atoms with van der Waals surface area (Å²) < 4.78 is 0. The zero-order chi connectivity index (χ0) is 11.9. The van der Waals surface area contributed by atoms with Crippen molar-refractivity contribution in [2.75, 3.05) is 25.1 Å². The molecule has 1 atom stereocenters. The van der Waals surface area contributed by atoms with E-state index in [-0.39, 0.29) is 17.2 Å². The fourth-order valence-electron chi connectivity index (χ4n) is 1.44. The van der Waals surface area contributed by atoms with Crippen molar-refractivity contribution in [1.82, 2.24) is 5.32 Å². The molecule has 0 fully saturated rings. The summed E-state index contributed by atoms with van der Waals surface area (Å²) in [5.74, 6) is 1.01. The Bertz CT molecular complexity index is 190. The predicted octanol–water partition coefficient (Wildman–Crippen LogP) is 1.48. The van der Waals surface area contributed by atoms with E-state index in [1.54, 1.807) is 11.8 Å². The van der Waals surface area contributed by atoms with Gasteiger partial charge in [-0.2, -0.15) is 11.8 Å². The SMILES string of the molecule is CSCCNC(=O)C(CN)CC(C)(C)C. The van der Waals surface area contributed by atoms with Crippen LogP contribution in [0.4, 0.5) is 0 Å². The second-order valence-corrected chi connectivity index (χ2v) is 5.97. The second kappa shape index (κ2) is 7.12. The molecule has 0 aliphatic heterocycles. The van der Waals surface area contributed by atoms with Gasteiger partial charge in [0, 0.05) is 18.8 Å². The molecule has 90 valence electrons. The molecule has 0 spiro atoms. The van der Waals surface area contributed by atoms with Crippen molar-refractivity contribution >= 4 is 17.7 Å². The van der Waals surface area contributed by atoms with Crippen LogP contribution in [-0.2, 0) is 4.79 Å². The van der Waals surface area contributed by atoms with Crippen molar-refractivity contribution in [1.29, 1.82) is 0 Å². The fraction of sp³-hybridized carbons (Fsp3) is 0.909. The Morgan fingerprint density at radius 2 is 2.07 bits per heavy atom. The summed E-state index contributed by atoms with van der Waals surface area (Å²) in [6, 6.07) is 0. The van der Waals surface area contributed by atoms with Crippen molar-refractivity contribution in [2.24, 2.45) is 17.1 Å². The fourth-order valence-corrected chi connectivity index (χ4v) is 1.75. The molecular formula is C11H24N2OS. The molecule has 0 saturated heterocycles. The molecule has 3 nitrogen and oxygen atoms in total. The van der Waals surface area contributed by atoms with Gasteiger partial charge in [-0.3, -0.25) is 4.79 Å². The molecule has 0 aliphatic carbocycles. The molecule has 0 heterocycles. The van der Waals surface area contributed by atoms with E-state index < -0.39 is 0 Å². The number of hydrogen-bond donors (Lipinski definition) is 2. The van der Waals surface area contributed by atoms with Gasteiger partial charge in [0.15, 0.2) is 0 Å². The van der Waals surface area contributed by atoms with Gasteiger partial charge in [-0.1, -0.05) is 20.8 Å². The highest BCUT2D eigenvalue weighted by Crippen LogP contribution is 2.23. The lowest BCUT2D eigenvalue weighted by molar-refractivity contribution is -0.125. The van der Waals surface area contributed by atoms with E-state index in [1.165, 1.54) is 0 Å². The van der Waals surface area contributed by atoms with Gasteiger partial charge in [0.25, 0.3) is 0 Å². The normalized spacial score (nSPS) is 13.7. The Labute approximate surface area is 97.6 Å². The summed E-state index contributed by atoms with van der Waals surface area (Å²) in [5.41, 5.74) is 5.77. The van der Waals surface area contributed by atoms with Crippen LogP contribution >= 0.6 is 11.8 Å². The van der Waals surface area contributed by atoms with Crippen LogP contribution in [-0.4, -0.2) is 31.0 Å². The third-order valence-electron chi connectivity index (χ3n) is 2.12. The average molecular weight is 232 g/mol. The van der Waals surface area contributed by atoms with Gasteiger partial charge in [-0.05, 0) is 18.1 Å². The first-order valence-electron chi connectivity index (χ1n) is 5.37. The Morgan fingerprint density at radius 3 is 2.47 bits per heavy atom. The largest absolute Gasteiger partial charge is 0.355 e. The highest BCUT2D eigenvalue weighted by molar-refractivity contribution is 7.98. The van der Waals surface area contributed by atoms with Crippen LogP contribution in [0.25, 0.3) is 0 Å². The maximum Gasteiger partial charge on any atom is 0.224 e. The summed E-state index contributed by atoms with van der Waals surface area (Å²) in [7, 11) is 0. The van der Waals surface area contributed by atoms with Crippen molar-refractivity contribution < 1.29 is 4.79 Å². The van der Waals surface area contributed by atoms with Crippen molar-refractivity contribution in [3.63, 3.8) is 0 Å². The number of carbonyl (C=O) groups excluding carboxylic acids is 1. The van der Waals surface area contributed by atoms with E-state index in [0.717, 1.165) is 18.7 Å². The number of nitrogens with one attached hydrogen (secondary N) is 1. The first kappa shape index (κ1) is 14.8. The number of thioether (sulfide) groups is 1. The quantitative estimate of drug-likeness (QED) is 0.682. The van der Waals surface area contributed by atoms with Crippen LogP contribution in [0.15, 0.2) is 0 Å². The van der Waals surface area contributed by atoms with Crippen molar-refractivity contribution in [3.8, 4) is 0 Å². The minimum Gasteiger partial charge on any atom is -0.355 e. The Balaban J connectivity index is 4.00. The molecule has 1 amide bonds. The number of amides is 1. The van der Waals surface area contributed by atoms with E-state index in [0.29, 0.717) is 6.54 Å². The van der Waals surface area contributed by atoms with E-state index >= 15 is 0 Å². The van der Waals surface area contributed by atoms with Crippen LogP contribution < -0.4 is 11.1 Å². The van der Waals surface area contributed by atoms with Crippen LogP contribution in [0.1, 0.15) is 27.2 Å². The van der Waals surface area contributed by atoms with Crippen LogP contribution in [0.2, 0.25) is 0 Å². The number of rotatable bonds is 6. The maximum absolute atomic E-state index is 11.7. The van der Waals surface area contributed by atoms with Gasteiger partial charge in [0.1, 0.15) is 0 Å². The van der Waals surface area contributed by atoms with E-state index in [4.69, 9.17) is 5.73 Å². The topological polar surface area (TPSA) is 55.1 Å². The second-order valence-electron chi connectivity index (χ2n) is 4.98. The van der Waals surface area contributed by atoms with Gasteiger partial charge >= 0.3 is 0 Å². The maximum atomic E-state index is 11.7. The van der Waals surface area contributed by atoms with Crippen molar-refractivity contribution in [3.05, 3.63) is 0 Å². The molecule has 15 heavy (non-hydrogen) atoms. The van der Waals surface area contributed by atoms with Gasteiger partial charge in [-0.15, -0.1) is 0 Å². The predicted molar refractivity (Wildman–Crippen MR) is 68.0 cm³/mol. The molecule has 0 aliphatic rings. The monoisotopic (exact) mass is 232 g/mol. The minimum absolute atomic E-state index is 0.0492. The van der Waals surface area contributed by atoms with E-state index in [1.807, 2.05) is 6.26 Å². The van der Waals surface area contributed by atoms with E-state index in [9.17, 15) is 4.79 Å². The molecule has 0 aromatic heterocycles. The van der Waals surface area contributed by atoms with Gasteiger partial charge in [-0.25, -0.2) is 0 Å². The summed E-state index contributed by atoms with van der Waals surface area (Å²) in [4.78, 5) is 11.7. The van der Waals surface area contributed by atoms with Crippen molar-refractivity contribution in [2.45, 2.75) is 27.2 Å². The summed E-state index contributed by atoms with van der Waals surface area (Å²) in [6.07, 6.45) is 2.87. The average Bonchev–Trinajstić information content (AvgIpc) is 2.13. The minimum atomic E-state index is -0.0492. The summed E-state index contributed by atoms with van der Waals surface area (Å²) in [5, 5.41) is 2.92. The lowest BCUT2D eigenvalue weighted by Gasteiger charge is -2.24. The van der Waals surface area contributed by atoms with Crippen LogP contribution in [0, 0.1) is 11.3 Å². The lowest BCUT2D eigenvalue weighted by atomic mass is 9.84. The highest BCUT2D eigenvalue weighted by atomic mass is 32.2. The number of carbonyl (C=O) groups is 1. The van der Waals surface area contributed by atoms with Gasteiger partial charge in [0.05, 0.1) is 5.92 Å². The number of nitrogens with two attached hydrogens (primary N) is 1. The molecular weight excluding hydrogens is 208 g/mol. The smallest absolute Gasteiger partial charge is 0.224 e. The molecule has 3 N–H and O–H groups in total. The third kappa shape index (κ3) is 7.68. The lowest BCUT2D eigenvalue weighted by Crippen LogP contribution is -2.38. The molecule has 0 bridgehead atoms. The zero-order valence-electron chi connectivity index (χ0n) is 10.3. The molecule has 0 rings (SSSR count). The van der Waals surface area contributed by atoms with E-state index in [2.05, 4.69) is 26.1 Å². The first-order valence-corrected chi connectivity index (χ1v) is 6.77. The molecule has 0 saturated carbocycles. The zero-order valence-corrected chi connectivity index (χ0v) is 11.1. The first-order chi connectivity index (χ1) is 6.90. The van der Waals surface area contributed by atoms with Gasteiger partial charge in [0.2, 0.25) is 5.91 Å². The molecule has 1 unspecified atom stereocenters. The Morgan fingerprint density at radius 1 is 1.47 bits per heavy atom. The third-order valence-corrected chi connectivity index (χ3v) is 2.73. The van der Waals surface area contributed by atoms with Crippen LogP contribution in [0.3, 0.4) is 0 Å². The highest BCUT2D eigenvalue weighted by Gasteiger charge is 2.23. The molecule has 0 aromatic carbocycles. The number of hydrogen-bond acceptors (Lipinski definition) is 3. The molecule has 4 heteroatoms. The molecule has 0 aromatic rings.